The fourth-order valence-corrected chi connectivity index (χ4v) is 3.54. The standard InChI is InChI=1S/C22H23N3O7/c1-31-19-10-9-14(12-20(19)32-2)17-13-18(15-5-3-6-16(11-15)25(29)30)24(23-17)21(26)7-4-8-22(27)28/h3,5-6,9-12,18H,4,7-8,13H2,1-2H3,(H,27,28). The number of carbonyl (C=O) groups is 2. The van der Waals surface area contributed by atoms with E-state index in [4.69, 9.17) is 14.6 Å². The number of hydrogen-bond donors (Lipinski definition) is 1. The molecule has 1 amide bonds. The van der Waals surface area contributed by atoms with Gasteiger partial charge in [-0.3, -0.25) is 19.7 Å². The second-order valence-electron chi connectivity index (χ2n) is 7.17. The van der Waals surface area contributed by atoms with Gasteiger partial charge in [0.2, 0.25) is 5.91 Å². The van der Waals surface area contributed by atoms with Gasteiger partial charge in [0.15, 0.2) is 11.5 Å². The van der Waals surface area contributed by atoms with E-state index < -0.39 is 16.9 Å². The fourth-order valence-electron chi connectivity index (χ4n) is 3.54. The summed E-state index contributed by atoms with van der Waals surface area (Å²) >= 11 is 0. The number of carbonyl (C=O) groups excluding carboxylic acids is 1. The maximum Gasteiger partial charge on any atom is 0.303 e. The second kappa shape index (κ2) is 9.90. The number of carboxylic acid groups (broad SMARTS) is 1. The molecule has 10 nitrogen and oxygen atoms in total. The Morgan fingerprint density at radius 1 is 1.16 bits per heavy atom. The smallest absolute Gasteiger partial charge is 0.303 e. The zero-order valence-electron chi connectivity index (χ0n) is 17.7. The van der Waals surface area contributed by atoms with Gasteiger partial charge >= 0.3 is 5.97 Å². The van der Waals surface area contributed by atoms with Crippen LogP contribution in [0.5, 0.6) is 11.5 Å². The monoisotopic (exact) mass is 441 g/mol. The molecular formula is C22H23N3O7. The van der Waals surface area contributed by atoms with Crippen molar-refractivity contribution in [3.05, 3.63) is 63.7 Å². The lowest BCUT2D eigenvalue weighted by Gasteiger charge is -2.22. The van der Waals surface area contributed by atoms with E-state index in [9.17, 15) is 19.7 Å². The van der Waals surface area contributed by atoms with Crippen LogP contribution in [0.25, 0.3) is 0 Å². The average Bonchev–Trinajstić information content (AvgIpc) is 3.24. The van der Waals surface area contributed by atoms with Crippen LogP contribution < -0.4 is 9.47 Å². The third-order valence-corrected chi connectivity index (χ3v) is 5.13. The Morgan fingerprint density at radius 2 is 1.91 bits per heavy atom. The Morgan fingerprint density at radius 3 is 2.56 bits per heavy atom. The van der Waals surface area contributed by atoms with Crippen LogP contribution in [0.1, 0.15) is 42.9 Å². The highest BCUT2D eigenvalue weighted by Crippen LogP contribution is 2.36. The van der Waals surface area contributed by atoms with Gasteiger partial charge < -0.3 is 14.6 Å². The maximum absolute atomic E-state index is 12.9. The van der Waals surface area contributed by atoms with Crippen LogP contribution in [0.3, 0.4) is 0 Å². The largest absolute Gasteiger partial charge is 0.493 e. The molecule has 1 unspecified atom stereocenters. The van der Waals surface area contributed by atoms with E-state index in [2.05, 4.69) is 5.10 Å². The van der Waals surface area contributed by atoms with Crippen LogP contribution in [0.15, 0.2) is 47.6 Å². The van der Waals surface area contributed by atoms with Crippen molar-refractivity contribution in [3.8, 4) is 11.5 Å². The molecule has 2 aromatic carbocycles. The summed E-state index contributed by atoms with van der Waals surface area (Å²) in [5.74, 6) is -0.278. The molecule has 2 aromatic rings. The molecule has 1 atom stereocenters. The molecule has 1 aliphatic heterocycles. The molecule has 32 heavy (non-hydrogen) atoms. The molecule has 1 aliphatic rings. The van der Waals surface area contributed by atoms with E-state index in [1.165, 1.54) is 31.4 Å². The molecule has 0 radical (unpaired) electrons. The van der Waals surface area contributed by atoms with Gasteiger partial charge in [0.25, 0.3) is 5.69 Å². The summed E-state index contributed by atoms with van der Waals surface area (Å²) in [6, 6.07) is 10.8. The number of hydrogen-bond acceptors (Lipinski definition) is 7. The molecule has 0 aromatic heterocycles. The second-order valence-corrected chi connectivity index (χ2v) is 7.17. The molecule has 0 saturated heterocycles. The molecule has 3 rings (SSSR count). The molecule has 168 valence electrons. The van der Waals surface area contributed by atoms with Gasteiger partial charge in [-0.15, -0.1) is 0 Å². The number of non-ortho nitro benzene ring substituents is 1. The molecule has 0 fully saturated rings. The molecular weight excluding hydrogens is 418 g/mol. The fraction of sp³-hybridized carbons (Fsp3) is 0.318. The van der Waals surface area contributed by atoms with Gasteiger partial charge in [0.1, 0.15) is 0 Å². The number of nitro groups is 1. The first-order valence-electron chi connectivity index (χ1n) is 9.92. The minimum Gasteiger partial charge on any atom is -0.493 e. The predicted molar refractivity (Wildman–Crippen MR) is 115 cm³/mol. The molecule has 0 bridgehead atoms. The number of amides is 1. The van der Waals surface area contributed by atoms with Crippen LogP contribution in [0.4, 0.5) is 5.69 Å². The number of nitro benzene ring substituents is 1. The van der Waals surface area contributed by atoms with Crippen LogP contribution in [-0.2, 0) is 9.59 Å². The topological polar surface area (TPSA) is 132 Å². The third-order valence-electron chi connectivity index (χ3n) is 5.13. The molecule has 0 spiro atoms. The maximum atomic E-state index is 12.9. The minimum atomic E-state index is -0.982. The lowest BCUT2D eigenvalue weighted by atomic mass is 9.97. The Bertz CT molecular complexity index is 1070. The van der Waals surface area contributed by atoms with Gasteiger partial charge in [-0.2, -0.15) is 5.10 Å². The van der Waals surface area contributed by atoms with Gasteiger partial charge in [0, 0.05) is 37.0 Å². The van der Waals surface area contributed by atoms with Gasteiger partial charge in [-0.05, 0) is 30.2 Å². The third kappa shape index (κ3) is 5.02. The lowest BCUT2D eigenvalue weighted by molar-refractivity contribution is -0.385. The zero-order valence-corrected chi connectivity index (χ0v) is 17.7. The molecule has 10 heteroatoms. The summed E-state index contributed by atoms with van der Waals surface area (Å²) in [5, 5.41) is 25.9. The highest BCUT2D eigenvalue weighted by atomic mass is 16.6. The van der Waals surface area contributed by atoms with Crippen LogP contribution in [0.2, 0.25) is 0 Å². The van der Waals surface area contributed by atoms with Crippen molar-refractivity contribution in [1.29, 1.82) is 0 Å². The zero-order chi connectivity index (χ0) is 23.3. The molecule has 0 saturated carbocycles. The highest BCUT2D eigenvalue weighted by Gasteiger charge is 2.33. The number of rotatable bonds is 9. The first kappa shape index (κ1) is 22.7. The first-order chi connectivity index (χ1) is 15.3. The first-order valence-corrected chi connectivity index (χ1v) is 9.92. The number of methoxy groups -OCH3 is 2. The quantitative estimate of drug-likeness (QED) is 0.465. The molecule has 0 aliphatic carbocycles. The lowest BCUT2D eigenvalue weighted by Crippen LogP contribution is -2.27. The highest BCUT2D eigenvalue weighted by molar-refractivity contribution is 6.03. The summed E-state index contributed by atoms with van der Waals surface area (Å²) in [6.45, 7) is 0. The van der Waals surface area contributed by atoms with Crippen molar-refractivity contribution < 1.29 is 29.1 Å². The summed E-state index contributed by atoms with van der Waals surface area (Å²) in [7, 11) is 3.04. The van der Waals surface area contributed by atoms with Crippen molar-refractivity contribution in [2.24, 2.45) is 5.10 Å². The Balaban J connectivity index is 1.94. The number of benzene rings is 2. The normalized spacial score (nSPS) is 15.2. The number of hydrazone groups is 1. The van der Waals surface area contributed by atoms with Crippen molar-refractivity contribution in [2.75, 3.05) is 14.2 Å². The molecule has 1 N–H and O–H groups in total. The summed E-state index contributed by atoms with van der Waals surface area (Å²) in [6.07, 6.45) is 0.378. The van der Waals surface area contributed by atoms with Crippen LogP contribution in [0, 0.1) is 10.1 Å². The summed E-state index contributed by atoms with van der Waals surface area (Å²) < 4.78 is 10.6. The number of nitrogens with zero attached hydrogens (tertiary/aromatic N) is 3. The summed E-state index contributed by atoms with van der Waals surface area (Å²) in [5.41, 5.74) is 1.82. The minimum absolute atomic E-state index is 0.000437. The SMILES string of the molecule is COc1ccc(C2=NN(C(=O)CCCC(=O)O)C(c3cccc([N+](=O)[O-])c3)C2)cc1OC. The van der Waals surface area contributed by atoms with Gasteiger partial charge in [0.05, 0.1) is 30.9 Å². The molecule has 1 heterocycles. The van der Waals surface area contributed by atoms with E-state index in [0.29, 0.717) is 29.2 Å². The summed E-state index contributed by atoms with van der Waals surface area (Å²) in [4.78, 5) is 34.4. The van der Waals surface area contributed by atoms with Crippen molar-refractivity contribution in [3.63, 3.8) is 0 Å². The number of ether oxygens (including phenoxy) is 2. The van der Waals surface area contributed by atoms with Crippen LogP contribution >= 0.6 is 0 Å². The Hall–Kier alpha value is -3.95. The van der Waals surface area contributed by atoms with E-state index in [1.54, 1.807) is 30.3 Å². The van der Waals surface area contributed by atoms with E-state index >= 15 is 0 Å². The van der Waals surface area contributed by atoms with Gasteiger partial charge in [-0.25, -0.2) is 5.01 Å². The number of carboxylic acids is 1. The number of aliphatic carboxylic acids is 1. The van der Waals surface area contributed by atoms with Crippen molar-refractivity contribution in [2.45, 2.75) is 31.7 Å². The van der Waals surface area contributed by atoms with Gasteiger partial charge in [-0.1, -0.05) is 12.1 Å². The predicted octanol–water partition coefficient (Wildman–Crippen LogP) is 3.54. The van der Waals surface area contributed by atoms with Crippen molar-refractivity contribution in [1.82, 2.24) is 5.01 Å². The van der Waals surface area contributed by atoms with E-state index in [-0.39, 0.29) is 30.9 Å². The Kier molecular flexibility index (Phi) is 7.04. The van der Waals surface area contributed by atoms with E-state index in [1.807, 2.05) is 0 Å². The van der Waals surface area contributed by atoms with Crippen LogP contribution in [-0.4, -0.2) is 46.8 Å². The average molecular weight is 441 g/mol. The van der Waals surface area contributed by atoms with E-state index in [0.717, 1.165) is 5.56 Å². The van der Waals surface area contributed by atoms with Crippen molar-refractivity contribution >= 4 is 23.3 Å². The Labute approximate surface area is 184 Å².